The van der Waals surface area contributed by atoms with Gasteiger partial charge in [-0.2, -0.15) is 10.3 Å². The molecule has 0 aromatic heterocycles. The number of hydrogen-bond donors (Lipinski definition) is 0. The molecule has 0 rings (SSSR count). The Morgan fingerprint density at radius 3 is 2.13 bits per heavy atom. The van der Waals surface area contributed by atoms with Gasteiger partial charge >= 0.3 is 8.56 Å². The van der Waals surface area contributed by atoms with Crippen LogP contribution in [0.25, 0.3) is 0 Å². The van der Waals surface area contributed by atoms with Gasteiger partial charge in [-0.05, 0) is 44.5 Å². The summed E-state index contributed by atoms with van der Waals surface area (Å²) in [5.41, 5.74) is 0. The molecule has 0 aromatic rings. The van der Waals surface area contributed by atoms with Crippen molar-refractivity contribution in [1.29, 1.82) is 0 Å². The van der Waals surface area contributed by atoms with Crippen molar-refractivity contribution in [3.8, 4) is 0 Å². The van der Waals surface area contributed by atoms with Crippen molar-refractivity contribution in [3.63, 3.8) is 0 Å². The molecule has 0 aromatic carbocycles. The van der Waals surface area contributed by atoms with Crippen LogP contribution in [-0.2, 0) is 7.99 Å². The van der Waals surface area contributed by atoms with Crippen LogP contribution in [0.15, 0.2) is 0 Å². The summed E-state index contributed by atoms with van der Waals surface area (Å²) in [4.78, 5) is 0. The normalized spacial score (nSPS) is 14.7. The van der Waals surface area contributed by atoms with E-state index in [1.807, 2.05) is 0 Å². The third-order valence-corrected chi connectivity index (χ3v) is 9.78. The Morgan fingerprint density at radius 2 is 1.73 bits per heavy atom. The maximum absolute atomic E-state index is 6.16. The fourth-order valence-electron chi connectivity index (χ4n) is 1.52. The number of rotatable bonds is 7. The van der Waals surface area contributed by atoms with E-state index in [-0.39, 0.29) is 0 Å². The first kappa shape index (κ1) is 15.7. The topological polar surface area (TPSA) is 18.5 Å². The highest BCUT2D eigenvalue weighted by Crippen LogP contribution is 2.40. The molecular formula is C10H27O2SSi2. The molecule has 0 aliphatic carbocycles. The lowest BCUT2D eigenvalue weighted by atomic mass is 10.4. The van der Waals surface area contributed by atoms with Gasteiger partial charge in [-0.25, -0.2) is 0 Å². The maximum Gasteiger partial charge on any atom is 0.332 e. The van der Waals surface area contributed by atoms with Gasteiger partial charge < -0.3 is 7.99 Å². The van der Waals surface area contributed by atoms with Crippen molar-refractivity contribution in [1.82, 2.24) is 0 Å². The fourth-order valence-corrected chi connectivity index (χ4v) is 11.4. The zero-order chi connectivity index (χ0) is 12.1. The first-order chi connectivity index (χ1) is 6.66. The molecule has 0 unspecified atom stereocenters. The molecule has 0 saturated carbocycles. The van der Waals surface area contributed by atoms with Crippen LogP contribution in [-0.4, -0.2) is 36.4 Å². The Morgan fingerprint density at radius 1 is 1.20 bits per heavy atom. The predicted molar refractivity (Wildman–Crippen MR) is 76.3 cm³/mol. The molecule has 93 valence electrons. The molecule has 1 radical (unpaired) electrons. The summed E-state index contributed by atoms with van der Waals surface area (Å²) in [6.45, 7) is 8.83. The zero-order valence-electron chi connectivity index (χ0n) is 11.3. The SMILES string of the molecule is CCCC[Si](C)O[Si](C)(C)OS(C)(C)C. The Hall–Kier alpha value is 0.704. The van der Waals surface area contributed by atoms with Crippen LogP contribution in [0.5, 0.6) is 0 Å². The van der Waals surface area contributed by atoms with Crippen LogP contribution in [0.3, 0.4) is 0 Å². The van der Waals surface area contributed by atoms with Crippen LogP contribution in [0.4, 0.5) is 0 Å². The molecule has 5 heteroatoms. The number of hydrogen-bond acceptors (Lipinski definition) is 2. The van der Waals surface area contributed by atoms with Crippen LogP contribution < -0.4 is 0 Å². The molecule has 0 N–H and O–H groups in total. The average Bonchev–Trinajstić information content (AvgIpc) is 1.94. The molecular weight excluding hydrogens is 240 g/mol. The quantitative estimate of drug-likeness (QED) is 0.654. The molecule has 0 heterocycles. The van der Waals surface area contributed by atoms with Crippen molar-refractivity contribution in [2.24, 2.45) is 0 Å². The van der Waals surface area contributed by atoms with Crippen LogP contribution in [0, 0.1) is 0 Å². The van der Waals surface area contributed by atoms with Crippen molar-refractivity contribution < 1.29 is 7.99 Å². The Balaban J connectivity index is 4.01. The van der Waals surface area contributed by atoms with E-state index >= 15 is 0 Å². The van der Waals surface area contributed by atoms with E-state index in [4.69, 9.17) is 7.99 Å². The molecule has 0 saturated heterocycles. The van der Waals surface area contributed by atoms with Crippen molar-refractivity contribution in [3.05, 3.63) is 0 Å². The van der Waals surface area contributed by atoms with E-state index < -0.39 is 27.9 Å². The highest BCUT2D eigenvalue weighted by Gasteiger charge is 2.31. The highest BCUT2D eigenvalue weighted by molar-refractivity contribution is 8.28. The third kappa shape index (κ3) is 9.62. The van der Waals surface area contributed by atoms with E-state index in [1.165, 1.54) is 18.9 Å². The third-order valence-electron chi connectivity index (χ3n) is 1.75. The van der Waals surface area contributed by atoms with Crippen molar-refractivity contribution in [2.45, 2.75) is 45.5 Å². The molecule has 15 heavy (non-hydrogen) atoms. The van der Waals surface area contributed by atoms with E-state index in [1.54, 1.807) is 0 Å². The smallest absolute Gasteiger partial charge is 0.332 e. The van der Waals surface area contributed by atoms with Crippen molar-refractivity contribution >= 4 is 27.9 Å². The van der Waals surface area contributed by atoms with Gasteiger partial charge in [0.05, 0.1) is 0 Å². The van der Waals surface area contributed by atoms with E-state index in [9.17, 15) is 0 Å². The average molecular weight is 268 g/mol. The van der Waals surface area contributed by atoms with Crippen molar-refractivity contribution in [2.75, 3.05) is 18.8 Å². The lowest BCUT2D eigenvalue weighted by molar-refractivity contribution is 0.431. The number of unbranched alkanes of at least 4 members (excludes halogenated alkanes) is 1. The molecule has 0 atom stereocenters. The lowest BCUT2D eigenvalue weighted by Gasteiger charge is -2.36. The minimum atomic E-state index is -1.87. The second-order valence-electron chi connectivity index (χ2n) is 5.12. The van der Waals surface area contributed by atoms with Gasteiger partial charge in [-0.15, -0.1) is 0 Å². The Kier molecular flexibility index (Phi) is 6.74. The summed E-state index contributed by atoms with van der Waals surface area (Å²) in [6, 6.07) is 1.25. The second-order valence-corrected chi connectivity index (χ2v) is 14.8. The lowest BCUT2D eigenvalue weighted by Crippen LogP contribution is -2.40. The standard InChI is InChI=1S/C10H27O2SSi2/c1-8-9-10-14(5)12-15(6,7)11-13(2,3)4/h8-10H2,1-7H3. The van der Waals surface area contributed by atoms with Gasteiger partial charge in [0.1, 0.15) is 0 Å². The van der Waals surface area contributed by atoms with Gasteiger partial charge in [0.2, 0.25) is 0 Å². The minimum Gasteiger partial charge on any atom is -0.435 e. The minimum absolute atomic E-state index is 0.631. The highest BCUT2D eigenvalue weighted by atomic mass is 32.3. The van der Waals surface area contributed by atoms with Gasteiger partial charge in [0.25, 0.3) is 0 Å². The van der Waals surface area contributed by atoms with E-state index in [2.05, 4.69) is 45.3 Å². The van der Waals surface area contributed by atoms with Gasteiger partial charge in [0, 0.05) is 0 Å². The molecule has 0 aliphatic heterocycles. The first-order valence-electron chi connectivity index (χ1n) is 5.56. The first-order valence-corrected chi connectivity index (χ1v) is 13.3. The van der Waals surface area contributed by atoms with Gasteiger partial charge in [-0.3, -0.25) is 0 Å². The summed E-state index contributed by atoms with van der Waals surface area (Å²) < 4.78 is 12.3. The largest absolute Gasteiger partial charge is 0.435 e. The molecule has 2 nitrogen and oxygen atoms in total. The monoisotopic (exact) mass is 267 g/mol. The van der Waals surface area contributed by atoms with Gasteiger partial charge in [0.15, 0.2) is 9.04 Å². The molecule has 0 aliphatic rings. The van der Waals surface area contributed by atoms with Crippen LogP contribution >= 0.6 is 10.3 Å². The Bertz CT molecular complexity index is 181. The second kappa shape index (κ2) is 6.44. The molecule has 0 fully saturated rings. The van der Waals surface area contributed by atoms with Crippen LogP contribution in [0.2, 0.25) is 25.7 Å². The fraction of sp³-hybridized carbons (Fsp3) is 1.00. The van der Waals surface area contributed by atoms with E-state index in [0.717, 1.165) is 0 Å². The summed E-state index contributed by atoms with van der Waals surface area (Å²) in [5, 5.41) is 0. The van der Waals surface area contributed by atoms with E-state index in [0.29, 0.717) is 0 Å². The summed E-state index contributed by atoms with van der Waals surface area (Å²) in [7, 11) is -3.40. The predicted octanol–water partition coefficient (Wildman–Crippen LogP) is 3.75. The molecule has 0 bridgehead atoms. The van der Waals surface area contributed by atoms with Gasteiger partial charge in [-0.1, -0.05) is 19.8 Å². The maximum atomic E-state index is 6.16. The molecule has 0 amide bonds. The summed E-state index contributed by atoms with van der Waals surface area (Å²) >= 11 is 0. The van der Waals surface area contributed by atoms with Crippen LogP contribution in [0.1, 0.15) is 19.8 Å². The summed E-state index contributed by atoms with van der Waals surface area (Å²) in [5.74, 6) is 0. The Labute approximate surface area is 100 Å². The zero-order valence-corrected chi connectivity index (χ0v) is 14.2. The molecule has 0 spiro atoms. The summed E-state index contributed by atoms with van der Waals surface area (Å²) in [6.07, 6.45) is 9.09.